The van der Waals surface area contributed by atoms with Crippen LogP contribution < -0.4 is 5.32 Å². The summed E-state index contributed by atoms with van der Waals surface area (Å²) in [4.78, 5) is 12.7. The summed E-state index contributed by atoms with van der Waals surface area (Å²) in [5, 5.41) is 4.03. The van der Waals surface area contributed by atoms with Crippen LogP contribution in [-0.2, 0) is 10.2 Å². The van der Waals surface area contributed by atoms with E-state index in [1.165, 1.54) is 0 Å². The summed E-state index contributed by atoms with van der Waals surface area (Å²) >= 11 is 18.2. The summed E-state index contributed by atoms with van der Waals surface area (Å²) < 4.78 is 0. The topological polar surface area (TPSA) is 29.1 Å². The molecule has 1 heterocycles. The SMILES string of the molecule is CC(C)CC1(CCCCCl)C(=O)Nc2c(Cl)cc(Cl)cc21. The number of hydrogen-bond acceptors (Lipinski definition) is 1. The number of alkyl halides is 1. The third kappa shape index (κ3) is 3.33. The molecule has 2 rings (SSSR count). The van der Waals surface area contributed by atoms with Crippen molar-refractivity contribution >= 4 is 46.4 Å². The molecule has 1 aromatic carbocycles. The quantitative estimate of drug-likeness (QED) is 0.523. The van der Waals surface area contributed by atoms with Crippen LogP contribution in [0.15, 0.2) is 12.1 Å². The number of nitrogens with one attached hydrogen (secondary N) is 1. The first-order chi connectivity index (χ1) is 9.90. The van der Waals surface area contributed by atoms with Gasteiger partial charge in [0.1, 0.15) is 0 Å². The molecule has 0 aliphatic carbocycles. The zero-order valence-electron chi connectivity index (χ0n) is 12.3. The lowest BCUT2D eigenvalue weighted by Crippen LogP contribution is -2.36. The molecule has 1 unspecified atom stereocenters. The number of carbonyl (C=O) groups excluding carboxylic acids is 1. The van der Waals surface area contributed by atoms with E-state index in [1.807, 2.05) is 6.07 Å². The van der Waals surface area contributed by atoms with E-state index >= 15 is 0 Å². The van der Waals surface area contributed by atoms with Crippen LogP contribution in [0.5, 0.6) is 0 Å². The highest BCUT2D eigenvalue weighted by molar-refractivity contribution is 6.37. The second-order valence-electron chi connectivity index (χ2n) is 6.09. The summed E-state index contributed by atoms with van der Waals surface area (Å²) in [5.41, 5.74) is 1.12. The highest BCUT2D eigenvalue weighted by Gasteiger charge is 2.47. The molecule has 0 aromatic heterocycles. The summed E-state index contributed by atoms with van der Waals surface area (Å²) in [5.74, 6) is 1.04. The van der Waals surface area contributed by atoms with Crippen molar-refractivity contribution in [3.63, 3.8) is 0 Å². The van der Waals surface area contributed by atoms with E-state index in [1.54, 1.807) is 6.07 Å². The highest BCUT2D eigenvalue weighted by Crippen LogP contribution is 2.49. The molecule has 0 saturated heterocycles. The Bertz CT molecular complexity index is 545. The molecule has 2 nitrogen and oxygen atoms in total. The fraction of sp³-hybridized carbons (Fsp3) is 0.562. The Morgan fingerprint density at radius 3 is 2.57 bits per heavy atom. The Morgan fingerprint density at radius 1 is 1.24 bits per heavy atom. The number of halogens is 3. The minimum atomic E-state index is -0.538. The van der Waals surface area contributed by atoms with Crippen molar-refractivity contribution in [2.75, 3.05) is 11.2 Å². The molecule has 21 heavy (non-hydrogen) atoms. The number of anilines is 1. The monoisotopic (exact) mass is 347 g/mol. The van der Waals surface area contributed by atoms with E-state index in [-0.39, 0.29) is 5.91 Å². The van der Waals surface area contributed by atoms with Crippen LogP contribution in [0.25, 0.3) is 0 Å². The smallest absolute Gasteiger partial charge is 0.235 e. The number of amides is 1. The molecule has 5 heteroatoms. The first-order valence-electron chi connectivity index (χ1n) is 7.27. The minimum absolute atomic E-state index is 0.0324. The van der Waals surface area contributed by atoms with Crippen molar-refractivity contribution < 1.29 is 4.79 Å². The lowest BCUT2D eigenvalue weighted by atomic mass is 9.72. The maximum Gasteiger partial charge on any atom is 0.235 e. The number of fused-ring (bicyclic) bond motifs is 1. The van der Waals surface area contributed by atoms with Gasteiger partial charge in [0.05, 0.1) is 16.1 Å². The lowest BCUT2D eigenvalue weighted by Gasteiger charge is -2.29. The van der Waals surface area contributed by atoms with Crippen LogP contribution in [0, 0.1) is 5.92 Å². The molecular formula is C16H20Cl3NO. The first kappa shape index (κ1) is 16.9. The number of carbonyl (C=O) groups is 1. The molecular weight excluding hydrogens is 329 g/mol. The maximum absolute atomic E-state index is 12.7. The second kappa shape index (κ2) is 6.76. The fourth-order valence-electron chi connectivity index (χ4n) is 3.20. The van der Waals surface area contributed by atoms with Crippen molar-refractivity contribution in [3.8, 4) is 0 Å². The largest absolute Gasteiger partial charge is 0.324 e. The van der Waals surface area contributed by atoms with Gasteiger partial charge in [0.25, 0.3) is 0 Å². The molecule has 1 amide bonds. The van der Waals surface area contributed by atoms with Crippen molar-refractivity contribution in [2.24, 2.45) is 5.92 Å². The van der Waals surface area contributed by atoms with Crippen LogP contribution in [0.3, 0.4) is 0 Å². The van der Waals surface area contributed by atoms with Crippen LogP contribution in [0.2, 0.25) is 10.0 Å². The number of benzene rings is 1. The first-order valence-corrected chi connectivity index (χ1v) is 8.56. The molecule has 0 saturated carbocycles. The lowest BCUT2D eigenvalue weighted by molar-refractivity contribution is -0.121. The Hall–Kier alpha value is -0.440. The Morgan fingerprint density at radius 2 is 1.95 bits per heavy atom. The van der Waals surface area contributed by atoms with Gasteiger partial charge in [0, 0.05) is 10.9 Å². The summed E-state index contributed by atoms with van der Waals surface area (Å²) in [6.45, 7) is 4.25. The molecule has 116 valence electrons. The molecule has 0 radical (unpaired) electrons. The zero-order valence-corrected chi connectivity index (χ0v) is 14.6. The summed E-state index contributed by atoms with van der Waals surface area (Å²) in [6, 6.07) is 3.55. The average Bonchev–Trinajstić information content (AvgIpc) is 2.64. The predicted molar refractivity (Wildman–Crippen MR) is 90.8 cm³/mol. The number of hydrogen-bond donors (Lipinski definition) is 1. The molecule has 1 aliphatic heterocycles. The van der Waals surface area contributed by atoms with Crippen LogP contribution in [0.1, 0.15) is 45.1 Å². The molecule has 1 aromatic rings. The molecule has 0 bridgehead atoms. The van der Waals surface area contributed by atoms with E-state index in [4.69, 9.17) is 34.8 Å². The number of unbranched alkanes of at least 4 members (excludes halogenated alkanes) is 1. The van der Waals surface area contributed by atoms with Crippen molar-refractivity contribution in [1.82, 2.24) is 0 Å². The molecule has 1 atom stereocenters. The van der Waals surface area contributed by atoms with Gasteiger partial charge in [-0.3, -0.25) is 4.79 Å². The van der Waals surface area contributed by atoms with E-state index < -0.39 is 5.41 Å². The van der Waals surface area contributed by atoms with Gasteiger partial charge in [-0.2, -0.15) is 0 Å². The van der Waals surface area contributed by atoms with Gasteiger partial charge in [0.2, 0.25) is 5.91 Å². The van der Waals surface area contributed by atoms with Gasteiger partial charge in [-0.05, 0) is 42.9 Å². The molecule has 0 spiro atoms. The van der Waals surface area contributed by atoms with Gasteiger partial charge in [-0.25, -0.2) is 0 Å². The average molecular weight is 349 g/mol. The predicted octanol–water partition coefficient (Wildman–Crippen LogP) is 5.64. The van der Waals surface area contributed by atoms with Crippen LogP contribution in [0.4, 0.5) is 5.69 Å². The minimum Gasteiger partial charge on any atom is -0.324 e. The second-order valence-corrected chi connectivity index (χ2v) is 7.31. The van der Waals surface area contributed by atoms with Gasteiger partial charge in [-0.15, -0.1) is 11.6 Å². The Labute approximate surface area is 141 Å². The van der Waals surface area contributed by atoms with Gasteiger partial charge in [0.15, 0.2) is 0 Å². The zero-order chi connectivity index (χ0) is 15.6. The molecule has 0 fully saturated rings. The standard InChI is InChI=1S/C16H20Cl3NO/c1-10(2)9-16(5-3-4-6-17)12-7-11(18)8-13(19)14(12)20-15(16)21/h7-8,10H,3-6,9H2,1-2H3,(H,20,21). The third-order valence-corrected chi connectivity index (χ3v) is 4.77. The third-order valence-electron chi connectivity index (χ3n) is 3.99. The Balaban J connectivity index is 2.47. The Kier molecular flexibility index (Phi) is 5.45. The highest BCUT2D eigenvalue weighted by atomic mass is 35.5. The van der Waals surface area contributed by atoms with E-state index in [0.29, 0.717) is 21.8 Å². The van der Waals surface area contributed by atoms with Gasteiger partial charge in [-0.1, -0.05) is 43.5 Å². The normalized spacial score (nSPS) is 20.8. The van der Waals surface area contributed by atoms with Crippen molar-refractivity contribution in [1.29, 1.82) is 0 Å². The van der Waals surface area contributed by atoms with E-state index in [0.717, 1.165) is 36.9 Å². The summed E-state index contributed by atoms with van der Waals surface area (Å²) in [6.07, 6.45) is 3.36. The van der Waals surface area contributed by atoms with Gasteiger partial charge < -0.3 is 5.32 Å². The number of rotatable bonds is 6. The maximum atomic E-state index is 12.7. The molecule has 1 N–H and O–H groups in total. The van der Waals surface area contributed by atoms with Gasteiger partial charge >= 0.3 is 0 Å². The molecule has 1 aliphatic rings. The van der Waals surface area contributed by atoms with Crippen molar-refractivity contribution in [2.45, 2.75) is 44.9 Å². The summed E-state index contributed by atoms with van der Waals surface area (Å²) in [7, 11) is 0. The fourth-order valence-corrected chi connectivity index (χ4v) is 3.93. The van der Waals surface area contributed by atoms with Crippen LogP contribution in [-0.4, -0.2) is 11.8 Å². The van der Waals surface area contributed by atoms with Crippen LogP contribution >= 0.6 is 34.8 Å². The van der Waals surface area contributed by atoms with Crippen molar-refractivity contribution in [3.05, 3.63) is 27.7 Å². The van der Waals surface area contributed by atoms with E-state index in [2.05, 4.69) is 19.2 Å². The van der Waals surface area contributed by atoms with E-state index in [9.17, 15) is 4.79 Å².